The van der Waals surface area contributed by atoms with Crippen LogP contribution in [0.3, 0.4) is 0 Å². The highest BCUT2D eigenvalue weighted by Gasteiger charge is 2.14. The molecule has 4 nitrogen and oxygen atoms in total. The first kappa shape index (κ1) is 10.8. The quantitative estimate of drug-likeness (QED) is 0.714. The molecule has 0 aliphatic carbocycles. The molecule has 2 N–H and O–H groups in total. The number of nitrogens with two attached hydrogens (primary N) is 1. The van der Waals surface area contributed by atoms with Gasteiger partial charge in [-0.25, -0.2) is 4.39 Å². The second kappa shape index (κ2) is 3.60. The van der Waals surface area contributed by atoms with Crippen molar-refractivity contribution in [3.8, 4) is 11.4 Å². The van der Waals surface area contributed by atoms with E-state index in [1.54, 1.807) is 16.9 Å². The third-order valence-corrected chi connectivity index (χ3v) is 3.22. The summed E-state index contributed by atoms with van der Waals surface area (Å²) in [6, 6.07) is 6.73. The molecule has 1 aromatic carbocycles. The Hall–Kier alpha value is -2.30. The summed E-state index contributed by atoms with van der Waals surface area (Å²) in [5.41, 5.74) is 9.14. The summed E-state index contributed by atoms with van der Waals surface area (Å²) in [5, 5.41) is 5.11. The summed E-state index contributed by atoms with van der Waals surface area (Å²) >= 11 is 0. The standard InChI is InChI=1S/C13H13FN4/c1-17-11-6-9(14)4-3-8(11)5-12(17)13-10(15)7-16-18(13)2/h3-7H,15H2,1-2H3. The van der Waals surface area contributed by atoms with Crippen molar-refractivity contribution in [3.63, 3.8) is 0 Å². The zero-order valence-corrected chi connectivity index (χ0v) is 10.2. The molecule has 18 heavy (non-hydrogen) atoms. The van der Waals surface area contributed by atoms with E-state index < -0.39 is 0 Å². The molecular formula is C13H13FN4. The van der Waals surface area contributed by atoms with E-state index in [-0.39, 0.29) is 5.82 Å². The van der Waals surface area contributed by atoms with Crippen molar-refractivity contribution in [1.82, 2.24) is 14.3 Å². The molecule has 0 amide bonds. The Kier molecular flexibility index (Phi) is 2.16. The molecule has 0 atom stereocenters. The van der Waals surface area contributed by atoms with Crippen LogP contribution in [0.4, 0.5) is 10.1 Å². The van der Waals surface area contributed by atoms with Crippen molar-refractivity contribution in [2.24, 2.45) is 14.1 Å². The largest absolute Gasteiger partial charge is 0.396 e. The number of nitrogen functional groups attached to an aromatic ring is 1. The average Bonchev–Trinajstić information content (AvgIpc) is 2.82. The number of anilines is 1. The maximum absolute atomic E-state index is 13.3. The van der Waals surface area contributed by atoms with Gasteiger partial charge in [0.05, 0.1) is 23.1 Å². The lowest BCUT2D eigenvalue weighted by atomic mass is 10.2. The number of fused-ring (bicyclic) bond motifs is 1. The van der Waals surface area contributed by atoms with Crippen LogP contribution < -0.4 is 5.73 Å². The summed E-state index contributed by atoms with van der Waals surface area (Å²) in [5.74, 6) is -0.242. The lowest BCUT2D eigenvalue weighted by Crippen LogP contribution is -2.00. The number of rotatable bonds is 1. The number of nitrogens with zero attached hydrogens (tertiary/aromatic N) is 3. The Labute approximate surface area is 103 Å². The lowest BCUT2D eigenvalue weighted by molar-refractivity contribution is 0.629. The number of halogens is 1. The van der Waals surface area contributed by atoms with Crippen molar-refractivity contribution < 1.29 is 4.39 Å². The van der Waals surface area contributed by atoms with Crippen LogP contribution in [-0.4, -0.2) is 14.3 Å². The third kappa shape index (κ3) is 1.40. The van der Waals surface area contributed by atoms with E-state index in [4.69, 9.17) is 5.73 Å². The molecule has 0 spiro atoms. The SMILES string of the molecule is Cn1ncc(N)c1-c1cc2ccc(F)cc2n1C. The van der Waals surface area contributed by atoms with Crippen LogP contribution >= 0.6 is 0 Å². The van der Waals surface area contributed by atoms with Gasteiger partial charge in [0.15, 0.2) is 0 Å². The fourth-order valence-corrected chi connectivity index (χ4v) is 2.30. The number of aromatic nitrogens is 3. The van der Waals surface area contributed by atoms with Crippen molar-refractivity contribution in [2.45, 2.75) is 0 Å². The first-order valence-corrected chi connectivity index (χ1v) is 5.61. The predicted molar refractivity (Wildman–Crippen MR) is 69.5 cm³/mol. The van der Waals surface area contributed by atoms with E-state index in [1.165, 1.54) is 12.1 Å². The zero-order valence-electron chi connectivity index (χ0n) is 10.2. The predicted octanol–water partition coefficient (Wildman–Crippen LogP) is 2.30. The van der Waals surface area contributed by atoms with Gasteiger partial charge in [0.25, 0.3) is 0 Å². The Morgan fingerprint density at radius 3 is 2.67 bits per heavy atom. The third-order valence-electron chi connectivity index (χ3n) is 3.22. The van der Waals surface area contributed by atoms with Gasteiger partial charge in [0, 0.05) is 19.5 Å². The fourth-order valence-electron chi connectivity index (χ4n) is 2.30. The number of aryl methyl sites for hydroxylation is 2. The van der Waals surface area contributed by atoms with Crippen molar-refractivity contribution in [3.05, 3.63) is 36.3 Å². The van der Waals surface area contributed by atoms with E-state index >= 15 is 0 Å². The molecule has 3 rings (SSSR count). The Balaban J connectivity index is 2.34. The van der Waals surface area contributed by atoms with Gasteiger partial charge in [0.1, 0.15) is 11.5 Å². The molecule has 0 saturated carbocycles. The first-order valence-electron chi connectivity index (χ1n) is 5.61. The maximum atomic E-state index is 13.3. The van der Waals surface area contributed by atoms with Gasteiger partial charge in [-0.3, -0.25) is 4.68 Å². The zero-order chi connectivity index (χ0) is 12.9. The maximum Gasteiger partial charge on any atom is 0.125 e. The van der Waals surface area contributed by atoms with Crippen LogP contribution in [0.2, 0.25) is 0 Å². The molecule has 2 aromatic heterocycles. The Bertz CT molecular complexity index is 719. The van der Waals surface area contributed by atoms with Gasteiger partial charge in [-0.15, -0.1) is 0 Å². The van der Waals surface area contributed by atoms with Crippen LogP contribution in [0.25, 0.3) is 22.3 Å². The second-order valence-electron chi connectivity index (χ2n) is 4.36. The number of hydrogen-bond donors (Lipinski definition) is 1. The van der Waals surface area contributed by atoms with Gasteiger partial charge >= 0.3 is 0 Å². The molecule has 0 unspecified atom stereocenters. The molecule has 0 fully saturated rings. The molecule has 0 radical (unpaired) electrons. The summed E-state index contributed by atoms with van der Waals surface area (Å²) in [6.45, 7) is 0. The van der Waals surface area contributed by atoms with Gasteiger partial charge in [-0.2, -0.15) is 5.10 Å². The van der Waals surface area contributed by atoms with Gasteiger partial charge < -0.3 is 10.3 Å². The van der Waals surface area contributed by atoms with Gasteiger partial charge in [-0.05, 0) is 24.3 Å². The van der Waals surface area contributed by atoms with E-state index in [0.29, 0.717) is 5.69 Å². The highest BCUT2D eigenvalue weighted by Crippen LogP contribution is 2.30. The minimum Gasteiger partial charge on any atom is -0.396 e. The van der Waals surface area contributed by atoms with Gasteiger partial charge in [0.2, 0.25) is 0 Å². The minimum atomic E-state index is -0.242. The molecular weight excluding hydrogens is 231 g/mol. The van der Waals surface area contributed by atoms with Crippen LogP contribution in [-0.2, 0) is 14.1 Å². The van der Waals surface area contributed by atoms with Crippen LogP contribution in [0, 0.1) is 5.82 Å². The summed E-state index contributed by atoms with van der Waals surface area (Å²) in [6.07, 6.45) is 1.62. The van der Waals surface area contributed by atoms with Crippen LogP contribution in [0.5, 0.6) is 0 Å². The monoisotopic (exact) mass is 244 g/mol. The fraction of sp³-hybridized carbons (Fsp3) is 0.154. The topological polar surface area (TPSA) is 48.8 Å². The molecule has 0 bridgehead atoms. The van der Waals surface area contributed by atoms with E-state index in [9.17, 15) is 4.39 Å². The average molecular weight is 244 g/mol. The van der Waals surface area contributed by atoms with Crippen LogP contribution in [0.1, 0.15) is 0 Å². The molecule has 92 valence electrons. The van der Waals surface area contributed by atoms with Crippen molar-refractivity contribution in [2.75, 3.05) is 5.73 Å². The molecule has 3 aromatic rings. The number of benzene rings is 1. The van der Waals surface area contributed by atoms with Gasteiger partial charge in [-0.1, -0.05) is 0 Å². The second-order valence-corrected chi connectivity index (χ2v) is 4.36. The smallest absolute Gasteiger partial charge is 0.125 e. The molecule has 0 saturated heterocycles. The minimum absolute atomic E-state index is 0.242. The first-order chi connectivity index (χ1) is 8.58. The molecule has 0 aliphatic heterocycles. The van der Waals surface area contributed by atoms with Crippen molar-refractivity contribution >= 4 is 16.6 Å². The molecule has 0 aliphatic rings. The van der Waals surface area contributed by atoms with Crippen LogP contribution in [0.15, 0.2) is 30.5 Å². The molecule has 2 heterocycles. The summed E-state index contributed by atoms with van der Waals surface area (Å²) < 4.78 is 16.9. The summed E-state index contributed by atoms with van der Waals surface area (Å²) in [4.78, 5) is 0. The van der Waals surface area contributed by atoms with E-state index in [1.807, 2.05) is 24.7 Å². The highest BCUT2D eigenvalue weighted by atomic mass is 19.1. The summed E-state index contributed by atoms with van der Waals surface area (Å²) in [7, 11) is 3.73. The highest BCUT2D eigenvalue weighted by molar-refractivity contribution is 5.88. The lowest BCUT2D eigenvalue weighted by Gasteiger charge is -2.06. The van der Waals surface area contributed by atoms with Crippen molar-refractivity contribution in [1.29, 1.82) is 0 Å². The number of hydrogen-bond acceptors (Lipinski definition) is 2. The van der Waals surface area contributed by atoms with E-state index in [2.05, 4.69) is 5.10 Å². The normalized spacial score (nSPS) is 11.3. The van der Waals surface area contributed by atoms with E-state index in [0.717, 1.165) is 22.3 Å². The Morgan fingerprint density at radius 1 is 1.22 bits per heavy atom. The Morgan fingerprint density at radius 2 is 2.00 bits per heavy atom. The molecule has 5 heteroatoms.